The van der Waals surface area contributed by atoms with Gasteiger partial charge in [0.05, 0.1) is 0 Å². The lowest BCUT2D eigenvalue weighted by molar-refractivity contribution is -0.136. The molecule has 0 bridgehead atoms. The van der Waals surface area contributed by atoms with Gasteiger partial charge in [-0.3, -0.25) is 4.79 Å². The molecular weight excluding hydrogens is 342 g/mol. The van der Waals surface area contributed by atoms with Gasteiger partial charge in [0.25, 0.3) is 0 Å². The monoisotopic (exact) mass is 367 g/mol. The highest BCUT2D eigenvalue weighted by atomic mass is 32.2. The zero-order valence-electron chi connectivity index (χ0n) is 15.0. The summed E-state index contributed by atoms with van der Waals surface area (Å²) < 4.78 is 5.98. The van der Waals surface area contributed by atoms with E-state index in [0.29, 0.717) is 5.91 Å². The van der Waals surface area contributed by atoms with Crippen molar-refractivity contribution in [3.63, 3.8) is 0 Å². The number of para-hydroxylation sites is 1. The highest BCUT2D eigenvalue weighted by Gasteiger charge is 2.35. The molecule has 1 unspecified atom stereocenters. The Labute approximate surface area is 159 Å². The molecule has 26 heavy (non-hydrogen) atoms. The number of amides is 1. The van der Waals surface area contributed by atoms with E-state index in [1.165, 1.54) is 19.3 Å². The van der Waals surface area contributed by atoms with Crippen LogP contribution < -0.4 is 4.74 Å². The van der Waals surface area contributed by atoms with E-state index in [1.807, 2.05) is 54.2 Å². The van der Waals surface area contributed by atoms with Gasteiger partial charge in [0.1, 0.15) is 16.9 Å². The molecule has 1 atom stereocenters. The average Bonchev–Trinajstić information content (AvgIpc) is 3.19. The van der Waals surface area contributed by atoms with Crippen molar-refractivity contribution < 1.29 is 9.53 Å². The maximum atomic E-state index is 13.0. The van der Waals surface area contributed by atoms with Gasteiger partial charge in [-0.05, 0) is 42.7 Å². The maximum Gasteiger partial charge on any atom is 0.226 e. The molecule has 0 radical (unpaired) electrons. The van der Waals surface area contributed by atoms with Crippen LogP contribution in [-0.2, 0) is 4.79 Å². The van der Waals surface area contributed by atoms with E-state index in [1.54, 1.807) is 0 Å². The van der Waals surface area contributed by atoms with Gasteiger partial charge in [-0.15, -0.1) is 11.8 Å². The summed E-state index contributed by atoms with van der Waals surface area (Å²) in [6.45, 7) is 0.856. The zero-order valence-corrected chi connectivity index (χ0v) is 15.8. The number of carbonyl (C=O) groups is 1. The number of hydrogen-bond donors (Lipinski definition) is 0. The molecule has 1 amide bonds. The number of carbonyl (C=O) groups excluding carboxylic acids is 1. The van der Waals surface area contributed by atoms with Gasteiger partial charge in [0.15, 0.2) is 0 Å². The standard InChI is InChI=1S/C22H25NO2S/c24-21(17-8-3-1-4-9-17)23-14-15-26-22(23)18-10-7-13-20(16-18)25-19-11-5-2-6-12-19/h2,5-7,10-13,16-17,22H,1,3-4,8-9,14-15H2. The molecule has 3 nitrogen and oxygen atoms in total. The smallest absolute Gasteiger partial charge is 0.226 e. The topological polar surface area (TPSA) is 29.5 Å². The Morgan fingerprint density at radius 1 is 0.962 bits per heavy atom. The van der Waals surface area contributed by atoms with Gasteiger partial charge >= 0.3 is 0 Å². The molecule has 2 aliphatic rings. The third-order valence-electron chi connectivity index (χ3n) is 5.25. The van der Waals surface area contributed by atoms with Crippen LogP contribution in [0.15, 0.2) is 54.6 Å². The van der Waals surface area contributed by atoms with E-state index in [-0.39, 0.29) is 11.3 Å². The number of ether oxygens (including phenoxy) is 1. The van der Waals surface area contributed by atoms with Crippen molar-refractivity contribution in [3.05, 3.63) is 60.2 Å². The zero-order chi connectivity index (χ0) is 17.8. The van der Waals surface area contributed by atoms with E-state index >= 15 is 0 Å². The van der Waals surface area contributed by atoms with Crippen LogP contribution >= 0.6 is 11.8 Å². The summed E-state index contributed by atoms with van der Waals surface area (Å²) in [7, 11) is 0. The van der Waals surface area contributed by atoms with Crippen LogP contribution in [-0.4, -0.2) is 23.1 Å². The molecule has 4 rings (SSSR count). The molecule has 0 N–H and O–H groups in total. The van der Waals surface area contributed by atoms with Crippen LogP contribution in [0.3, 0.4) is 0 Å². The minimum absolute atomic E-state index is 0.115. The van der Waals surface area contributed by atoms with Gasteiger partial charge in [0.2, 0.25) is 5.91 Å². The second kappa shape index (κ2) is 8.17. The summed E-state index contributed by atoms with van der Waals surface area (Å²) in [5, 5.41) is 0.115. The fourth-order valence-electron chi connectivity index (χ4n) is 3.91. The van der Waals surface area contributed by atoms with Crippen molar-refractivity contribution in [2.24, 2.45) is 5.92 Å². The Morgan fingerprint density at radius 2 is 1.73 bits per heavy atom. The first kappa shape index (κ1) is 17.5. The van der Waals surface area contributed by atoms with Crippen molar-refractivity contribution in [2.45, 2.75) is 37.5 Å². The number of hydrogen-bond acceptors (Lipinski definition) is 3. The minimum Gasteiger partial charge on any atom is -0.457 e. The van der Waals surface area contributed by atoms with Crippen LogP contribution in [0.2, 0.25) is 0 Å². The predicted molar refractivity (Wildman–Crippen MR) is 106 cm³/mol. The second-order valence-corrected chi connectivity index (χ2v) is 8.27. The van der Waals surface area contributed by atoms with Gasteiger partial charge in [-0.1, -0.05) is 49.6 Å². The van der Waals surface area contributed by atoms with Crippen molar-refractivity contribution in [1.82, 2.24) is 4.90 Å². The Kier molecular flexibility index (Phi) is 5.49. The highest BCUT2D eigenvalue weighted by Crippen LogP contribution is 2.41. The van der Waals surface area contributed by atoms with Crippen LogP contribution in [0.25, 0.3) is 0 Å². The first-order chi connectivity index (χ1) is 12.8. The molecule has 0 spiro atoms. The summed E-state index contributed by atoms with van der Waals surface area (Å²) in [5.41, 5.74) is 1.16. The summed E-state index contributed by atoms with van der Waals surface area (Å²) in [6, 6.07) is 18.0. The van der Waals surface area contributed by atoms with Gasteiger partial charge < -0.3 is 9.64 Å². The Morgan fingerprint density at radius 3 is 2.54 bits per heavy atom. The molecule has 2 aromatic rings. The van der Waals surface area contributed by atoms with Crippen molar-refractivity contribution in [2.75, 3.05) is 12.3 Å². The van der Waals surface area contributed by atoms with Crippen molar-refractivity contribution in [3.8, 4) is 11.5 Å². The molecule has 1 saturated carbocycles. The normalized spacial score (nSPS) is 20.9. The fraction of sp³-hybridized carbons (Fsp3) is 0.409. The molecule has 1 aliphatic heterocycles. The number of rotatable bonds is 4. The quantitative estimate of drug-likeness (QED) is 0.701. The van der Waals surface area contributed by atoms with Gasteiger partial charge in [-0.25, -0.2) is 0 Å². The first-order valence-corrected chi connectivity index (χ1v) is 10.6. The lowest BCUT2D eigenvalue weighted by Gasteiger charge is -2.30. The molecule has 1 saturated heterocycles. The van der Waals surface area contributed by atoms with Crippen LogP contribution in [0.4, 0.5) is 0 Å². The molecule has 0 aromatic heterocycles. The summed E-state index contributed by atoms with van der Waals surface area (Å²) in [4.78, 5) is 15.1. The van der Waals surface area contributed by atoms with E-state index in [0.717, 1.165) is 42.2 Å². The van der Waals surface area contributed by atoms with E-state index in [9.17, 15) is 4.79 Å². The van der Waals surface area contributed by atoms with Crippen LogP contribution in [0.5, 0.6) is 11.5 Å². The molecule has 2 fully saturated rings. The number of benzene rings is 2. The Bertz CT molecular complexity index is 743. The number of nitrogens with zero attached hydrogens (tertiary/aromatic N) is 1. The molecule has 136 valence electrons. The second-order valence-electron chi connectivity index (χ2n) is 7.08. The van der Waals surface area contributed by atoms with Crippen molar-refractivity contribution >= 4 is 17.7 Å². The van der Waals surface area contributed by atoms with Gasteiger partial charge in [-0.2, -0.15) is 0 Å². The van der Waals surface area contributed by atoms with E-state index < -0.39 is 0 Å². The molecule has 1 aliphatic carbocycles. The van der Waals surface area contributed by atoms with E-state index in [4.69, 9.17) is 4.74 Å². The maximum absolute atomic E-state index is 13.0. The molecular formula is C22H25NO2S. The molecule has 2 aromatic carbocycles. The molecule has 4 heteroatoms. The predicted octanol–water partition coefficient (Wildman–Crippen LogP) is 5.63. The highest BCUT2D eigenvalue weighted by molar-refractivity contribution is 7.99. The van der Waals surface area contributed by atoms with Crippen molar-refractivity contribution in [1.29, 1.82) is 0 Å². The largest absolute Gasteiger partial charge is 0.457 e. The third-order valence-corrected chi connectivity index (χ3v) is 6.51. The lowest BCUT2D eigenvalue weighted by atomic mass is 9.88. The van der Waals surface area contributed by atoms with Crippen LogP contribution in [0.1, 0.15) is 43.0 Å². The Balaban J connectivity index is 1.50. The van der Waals surface area contributed by atoms with E-state index in [2.05, 4.69) is 17.0 Å². The lowest BCUT2D eigenvalue weighted by Crippen LogP contribution is -2.36. The SMILES string of the molecule is O=C(C1CCCCC1)N1CCSC1c1cccc(Oc2ccccc2)c1. The minimum atomic E-state index is 0.115. The summed E-state index contributed by atoms with van der Waals surface area (Å²) >= 11 is 1.86. The Hall–Kier alpha value is -1.94. The molecule has 1 heterocycles. The average molecular weight is 368 g/mol. The number of thioether (sulfide) groups is 1. The first-order valence-electron chi connectivity index (χ1n) is 9.56. The summed E-state index contributed by atoms with van der Waals surface area (Å²) in [6.07, 6.45) is 5.79. The third kappa shape index (κ3) is 3.90. The van der Waals surface area contributed by atoms with Crippen LogP contribution in [0, 0.1) is 5.92 Å². The fourth-order valence-corrected chi connectivity index (χ4v) is 5.17. The summed E-state index contributed by atoms with van der Waals surface area (Å²) in [5.74, 6) is 3.25. The van der Waals surface area contributed by atoms with Gasteiger partial charge in [0, 0.05) is 18.2 Å².